The molecule has 1 saturated carbocycles. The Morgan fingerprint density at radius 2 is 2.00 bits per heavy atom. The lowest BCUT2D eigenvalue weighted by Crippen LogP contribution is -2.20. The predicted octanol–water partition coefficient (Wildman–Crippen LogP) is 3.47. The van der Waals surface area contributed by atoms with Gasteiger partial charge < -0.3 is 5.32 Å². The summed E-state index contributed by atoms with van der Waals surface area (Å²) >= 11 is 1.80. The van der Waals surface area contributed by atoms with Gasteiger partial charge in [0.2, 0.25) is 0 Å². The van der Waals surface area contributed by atoms with Crippen molar-refractivity contribution in [3.8, 4) is 0 Å². The van der Waals surface area contributed by atoms with E-state index in [1.165, 1.54) is 29.8 Å². The van der Waals surface area contributed by atoms with E-state index in [9.17, 15) is 0 Å². The average molecular weight is 221 g/mol. The van der Waals surface area contributed by atoms with Crippen LogP contribution in [0.3, 0.4) is 0 Å². The Balaban J connectivity index is 1.88. The van der Waals surface area contributed by atoms with E-state index in [0.29, 0.717) is 6.04 Å². The van der Waals surface area contributed by atoms with Gasteiger partial charge in [-0.1, -0.05) is 12.1 Å². The van der Waals surface area contributed by atoms with Gasteiger partial charge in [-0.05, 0) is 56.2 Å². The normalized spacial score (nSPS) is 17.7. The minimum Gasteiger partial charge on any atom is -0.310 e. The minimum atomic E-state index is 0.488. The van der Waals surface area contributed by atoms with Crippen LogP contribution in [0.2, 0.25) is 0 Å². The van der Waals surface area contributed by atoms with E-state index in [0.717, 1.165) is 5.92 Å². The van der Waals surface area contributed by atoms with Crippen LogP contribution in [0.15, 0.2) is 29.2 Å². The van der Waals surface area contributed by atoms with Gasteiger partial charge in [-0.3, -0.25) is 0 Å². The maximum atomic E-state index is 3.59. The molecule has 1 N–H and O–H groups in total. The SMILES string of the molecule is CSc1ccc(C(C)NCC2CC2)cc1. The van der Waals surface area contributed by atoms with Crippen LogP contribution in [0.4, 0.5) is 0 Å². The van der Waals surface area contributed by atoms with E-state index in [1.807, 2.05) is 0 Å². The number of rotatable bonds is 5. The molecule has 1 atom stereocenters. The molecule has 2 rings (SSSR count). The lowest BCUT2D eigenvalue weighted by Gasteiger charge is -2.14. The summed E-state index contributed by atoms with van der Waals surface area (Å²) < 4.78 is 0. The fraction of sp³-hybridized carbons (Fsp3) is 0.538. The summed E-state index contributed by atoms with van der Waals surface area (Å²) in [7, 11) is 0. The van der Waals surface area contributed by atoms with Gasteiger partial charge in [-0.2, -0.15) is 0 Å². The van der Waals surface area contributed by atoms with Gasteiger partial charge in [0.1, 0.15) is 0 Å². The Morgan fingerprint density at radius 3 is 2.53 bits per heavy atom. The largest absolute Gasteiger partial charge is 0.310 e. The van der Waals surface area contributed by atoms with Crippen molar-refractivity contribution in [2.24, 2.45) is 5.92 Å². The first-order valence-electron chi connectivity index (χ1n) is 5.67. The standard InChI is InChI=1S/C13H19NS/c1-10(14-9-11-3-4-11)12-5-7-13(15-2)8-6-12/h5-8,10-11,14H,3-4,9H2,1-2H3. The molecular weight excluding hydrogens is 202 g/mol. The summed E-state index contributed by atoms with van der Waals surface area (Å²) in [5, 5.41) is 3.59. The fourth-order valence-electron chi connectivity index (χ4n) is 1.68. The van der Waals surface area contributed by atoms with Crippen LogP contribution >= 0.6 is 11.8 Å². The van der Waals surface area contributed by atoms with Crippen molar-refractivity contribution in [1.82, 2.24) is 5.32 Å². The Kier molecular flexibility index (Phi) is 3.71. The number of thioether (sulfide) groups is 1. The first-order valence-corrected chi connectivity index (χ1v) is 6.89. The quantitative estimate of drug-likeness (QED) is 0.764. The van der Waals surface area contributed by atoms with Gasteiger partial charge in [-0.15, -0.1) is 11.8 Å². The monoisotopic (exact) mass is 221 g/mol. The molecular formula is C13H19NS. The van der Waals surface area contributed by atoms with Gasteiger partial charge >= 0.3 is 0 Å². The van der Waals surface area contributed by atoms with Crippen LogP contribution in [0, 0.1) is 5.92 Å². The molecule has 1 aliphatic rings. The van der Waals surface area contributed by atoms with Crippen LogP contribution in [0.5, 0.6) is 0 Å². The summed E-state index contributed by atoms with van der Waals surface area (Å²) in [6.45, 7) is 3.43. The second-order valence-corrected chi connectivity index (χ2v) is 5.23. The van der Waals surface area contributed by atoms with Gasteiger partial charge in [0.15, 0.2) is 0 Å². The molecule has 82 valence electrons. The summed E-state index contributed by atoms with van der Waals surface area (Å²) in [4.78, 5) is 1.34. The van der Waals surface area contributed by atoms with E-state index in [1.54, 1.807) is 11.8 Å². The second-order valence-electron chi connectivity index (χ2n) is 4.35. The molecule has 0 amide bonds. The van der Waals surface area contributed by atoms with Crippen molar-refractivity contribution in [3.05, 3.63) is 29.8 Å². The average Bonchev–Trinajstić information content (AvgIpc) is 3.10. The molecule has 0 aliphatic heterocycles. The molecule has 2 heteroatoms. The van der Waals surface area contributed by atoms with E-state index in [2.05, 4.69) is 42.8 Å². The molecule has 15 heavy (non-hydrogen) atoms. The van der Waals surface area contributed by atoms with Crippen molar-refractivity contribution >= 4 is 11.8 Å². The Bertz CT molecular complexity index is 303. The lowest BCUT2D eigenvalue weighted by molar-refractivity contribution is 0.548. The highest BCUT2D eigenvalue weighted by molar-refractivity contribution is 7.98. The van der Waals surface area contributed by atoms with Crippen LogP contribution < -0.4 is 5.32 Å². The van der Waals surface area contributed by atoms with Gasteiger partial charge in [-0.25, -0.2) is 0 Å². The van der Waals surface area contributed by atoms with Gasteiger partial charge in [0.05, 0.1) is 0 Å². The van der Waals surface area contributed by atoms with Crippen molar-refractivity contribution < 1.29 is 0 Å². The zero-order valence-corrected chi connectivity index (χ0v) is 10.3. The molecule has 1 unspecified atom stereocenters. The number of hydrogen-bond acceptors (Lipinski definition) is 2. The van der Waals surface area contributed by atoms with Crippen molar-refractivity contribution in [2.45, 2.75) is 30.7 Å². The number of nitrogens with one attached hydrogen (secondary N) is 1. The van der Waals surface area contributed by atoms with Crippen molar-refractivity contribution in [2.75, 3.05) is 12.8 Å². The highest BCUT2D eigenvalue weighted by Gasteiger charge is 2.21. The molecule has 1 aromatic rings. The molecule has 0 aromatic heterocycles. The van der Waals surface area contributed by atoms with Crippen molar-refractivity contribution in [3.63, 3.8) is 0 Å². The Morgan fingerprint density at radius 1 is 1.33 bits per heavy atom. The number of benzene rings is 1. The first kappa shape index (κ1) is 11.0. The molecule has 1 fully saturated rings. The zero-order chi connectivity index (χ0) is 10.7. The highest BCUT2D eigenvalue weighted by Crippen LogP contribution is 2.28. The highest BCUT2D eigenvalue weighted by atomic mass is 32.2. The summed E-state index contributed by atoms with van der Waals surface area (Å²) in [5.74, 6) is 0.956. The fourth-order valence-corrected chi connectivity index (χ4v) is 2.08. The van der Waals surface area contributed by atoms with E-state index >= 15 is 0 Å². The predicted molar refractivity (Wildman–Crippen MR) is 67.4 cm³/mol. The third kappa shape index (κ3) is 3.25. The maximum Gasteiger partial charge on any atom is 0.0291 e. The molecule has 1 aromatic carbocycles. The topological polar surface area (TPSA) is 12.0 Å². The summed E-state index contributed by atoms with van der Waals surface area (Å²) in [6.07, 6.45) is 4.96. The molecule has 0 spiro atoms. The Hall–Kier alpha value is -0.470. The number of hydrogen-bond donors (Lipinski definition) is 1. The first-order chi connectivity index (χ1) is 7.29. The molecule has 0 heterocycles. The molecule has 0 bridgehead atoms. The van der Waals surface area contributed by atoms with Crippen LogP contribution in [0.1, 0.15) is 31.4 Å². The Labute approximate surface area is 96.7 Å². The maximum absolute atomic E-state index is 3.59. The van der Waals surface area contributed by atoms with E-state index in [4.69, 9.17) is 0 Å². The van der Waals surface area contributed by atoms with Crippen LogP contribution in [-0.4, -0.2) is 12.8 Å². The van der Waals surface area contributed by atoms with E-state index in [-0.39, 0.29) is 0 Å². The van der Waals surface area contributed by atoms with Crippen LogP contribution in [-0.2, 0) is 0 Å². The minimum absolute atomic E-state index is 0.488. The van der Waals surface area contributed by atoms with Gasteiger partial charge in [0.25, 0.3) is 0 Å². The second kappa shape index (κ2) is 5.04. The third-order valence-corrected chi connectivity index (χ3v) is 3.77. The molecule has 0 radical (unpaired) electrons. The third-order valence-electron chi connectivity index (χ3n) is 3.03. The zero-order valence-electron chi connectivity index (χ0n) is 9.49. The van der Waals surface area contributed by atoms with Crippen molar-refractivity contribution in [1.29, 1.82) is 0 Å². The van der Waals surface area contributed by atoms with Gasteiger partial charge in [0, 0.05) is 10.9 Å². The molecule has 1 aliphatic carbocycles. The smallest absolute Gasteiger partial charge is 0.0291 e. The summed E-state index contributed by atoms with van der Waals surface area (Å²) in [6, 6.07) is 9.36. The summed E-state index contributed by atoms with van der Waals surface area (Å²) in [5.41, 5.74) is 1.40. The molecule has 0 saturated heterocycles. The lowest BCUT2D eigenvalue weighted by atomic mass is 10.1. The van der Waals surface area contributed by atoms with Crippen LogP contribution in [0.25, 0.3) is 0 Å². The van der Waals surface area contributed by atoms with E-state index < -0.39 is 0 Å². The molecule has 1 nitrogen and oxygen atoms in total.